The van der Waals surface area contributed by atoms with Crippen molar-refractivity contribution in [3.05, 3.63) is 71.9 Å². The fourth-order valence-corrected chi connectivity index (χ4v) is 6.62. The molecule has 1 aromatic heterocycles. The highest BCUT2D eigenvalue weighted by molar-refractivity contribution is 5.97. The van der Waals surface area contributed by atoms with Crippen molar-refractivity contribution >= 4 is 64.1 Å². The van der Waals surface area contributed by atoms with Gasteiger partial charge < -0.3 is 59.0 Å². The van der Waals surface area contributed by atoms with Gasteiger partial charge in [-0.1, -0.05) is 48.5 Å². The molecule has 1 aliphatic heterocycles. The van der Waals surface area contributed by atoms with Crippen LogP contribution in [-0.2, 0) is 56.0 Å². The lowest BCUT2D eigenvalue weighted by molar-refractivity contribution is -0.134. The highest BCUT2D eigenvalue weighted by Gasteiger charge is 2.32. The van der Waals surface area contributed by atoms with Gasteiger partial charge in [-0.25, -0.2) is 0 Å². The molecular formula is C41H55N11O9. The van der Waals surface area contributed by atoms with Crippen molar-refractivity contribution in [2.75, 3.05) is 26.2 Å². The number of aromatic nitrogens is 1. The van der Waals surface area contributed by atoms with Crippen LogP contribution in [0.5, 0.6) is 0 Å². The summed E-state index contributed by atoms with van der Waals surface area (Å²) in [6.07, 6.45) is 2.01. The summed E-state index contributed by atoms with van der Waals surface area (Å²) in [5.41, 5.74) is 13.6. The highest BCUT2D eigenvalue weighted by atomic mass is 16.2. The molecule has 61 heavy (non-hydrogen) atoms. The van der Waals surface area contributed by atoms with Crippen molar-refractivity contribution in [1.82, 2.24) is 47.5 Å². The molecule has 0 spiro atoms. The molecule has 4 rings (SSSR count). The average Bonchev–Trinajstić information content (AvgIpc) is 3.64. The Morgan fingerprint density at radius 3 is 2.26 bits per heavy atom. The van der Waals surface area contributed by atoms with E-state index in [-0.39, 0.29) is 45.1 Å². The van der Waals surface area contributed by atoms with Crippen LogP contribution in [0.4, 0.5) is 0 Å². The van der Waals surface area contributed by atoms with Crippen LogP contribution < -0.4 is 54.0 Å². The number of benzene rings is 2. The zero-order chi connectivity index (χ0) is 44.3. The summed E-state index contributed by atoms with van der Waals surface area (Å²) in [6.45, 7) is 0.260. The van der Waals surface area contributed by atoms with Crippen LogP contribution in [0.3, 0.4) is 0 Å². The molecule has 3 aromatic rings. The first-order chi connectivity index (χ1) is 29.2. The van der Waals surface area contributed by atoms with Crippen molar-refractivity contribution in [3.8, 4) is 0 Å². The van der Waals surface area contributed by atoms with Gasteiger partial charge in [0.2, 0.25) is 53.2 Å². The van der Waals surface area contributed by atoms with E-state index < -0.39 is 96.5 Å². The summed E-state index contributed by atoms with van der Waals surface area (Å²) < 4.78 is 0. The number of amides is 9. The largest absolute Gasteiger partial charge is 0.368 e. The number of para-hydroxylation sites is 1. The fourth-order valence-electron chi connectivity index (χ4n) is 6.62. The lowest BCUT2D eigenvalue weighted by Gasteiger charge is -2.25. The van der Waals surface area contributed by atoms with Crippen LogP contribution >= 0.6 is 0 Å². The molecule has 1 aliphatic rings. The van der Waals surface area contributed by atoms with Crippen LogP contribution in [0, 0.1) is 0 Å². The molecule has 13 N–H and O–H groups in total. The number of aromatic amines is 1. The third-order valence-corrected chi connectivity index (χ3v) is 9.89. The molecular weight excluding hydrogens is 791 g/mol. The van der Waals surface area contributed by atoms with Crippen molar-refractivity contribution in [2.24, 2.45) is 11.5 Å². The Bertz CT molecular complexity index is 2040. The number of fused-ring (bicyclic) bond motifs is 1. The third kappa shape index (κ3) is 15.4. The summed E-state index contributed by atoms with van der Waals surface area (Å²) in [5.74, 6) is -6.52. The molecule has 0 bridgehead atoms. The van der Waals surface area contributed by atoms with Gasteiger partial charge in [0.1, 0.15) is 30.2 Å². The molecule has 20 nitrogen and oxygen atoms in total. The van der Waals surface area contributed by atoms with Crippen LogP contribution in [-0.4, -0.2) is 115 Å². The molecule has 20 heteroatoms. The van der Waals surface area contributed by atoms with E-state index in [1.54, 1.807) is 36.5 Å². The minimum Gasteiger partial charge on any atom is -0.368 e. The van der Waals surface area contributed by atoms with Crippen LogP contribution in [0.1, 0.15) is 56.6 Å². The minimum absolute atomic E-state index is 0.00488. The van der Waals surface area contributed by atoms with E-state index in [1.165, 1.54) is 6.92 Å². The van der Waals surface area contributed by atoms with Gasteiger partial charge in [0.15, 0.2) is 0 Å². The Kier molecular flexibility index (Phi) is 18.2. The van der Waals surface area contributed by atoms with Gasteiger partial charge in [-0.15, -0.1) is 0 Å². The predicted octanol–water partition coefficient (Wildman–Crippen LogP) is -2.46. The molecule has 0 aliphatic carbocycles. The molecule has 3 unspecified atom stereocenters. The Morgan fingerprint density at radius 1 is 0.820 bits per heavy atom. The fraction of sp³-hybridized carbons (Fsp3) is 0.439. The molecule has 2 heterocycles. The number of nitrogens with two attached hydrogens (primary N) is 2. The van der Waals surface area contributed by atoms with E-state index in [0.29, 0.717) is 30.5 Å². The second kappa shape index (κ2) is 23.7. The minimum atomic E-state index is -1.34. The number of hydrogen-bond acceptors (Lipinski definition) is 10. The molecule has 5 atom stereocenters. The van der Waals surface area contributed by atoms with Crippen molar-refractivity contribution in [1.29, 1.82) is 0 Å². The van der Waals surface area contributed by atoms with Gasteiger partial charge in [0, 0.05) is 49.8 Å². The number of carbonyl (C=O) groups excluding carboxylic acids is 9. The van der Waals surface area contributed by atoms with Crippen molar-refractivity contribution in [3.63, 3.8) is 0 Å². The maximum atomic E-state index is 13.9. The topological polar surface area (TPSA) is 318 Å². The number of rotatable bonds is 14. The summed E-state index contributed by atoms with van der Waals surface area (Å²) in [7, 11) is 0. The summed E-state index contributed by atoms with van der Waals surface area (Å²) >= 11 is 0. The number of H-pyrrole nitrogens is 1. The van der Waals surface area contributed by atoms with Crippen molar-refractivity contribution < 1.29 is 43.2 Å². The molecule has 1 saturated heterocycles. The zero-order valence-corrected chi connectivity index (χ0v) is 34.0. The normalized spacial score (nSPS) is 20.2. The van der Waals surface area contributed by atoms with Crippen LogP contribution in [0.25, 0.3) is 10.9 Å². The highest BCUT2D eigenvalue weighted by Crippen LogP contribution is 2.19. The smallest absolute Gasteiger partial charge is 0.243 e. The Balaban J connectivity index is 1.60. The van der Waals surface area contributed by atoms with Gasteiger partial charge in [0.05, 0.1) is 13.1 Å². The lowest BCUT2D eigenvalue weighted by atomic mass is 10.0. The maximum absolute atomic E-state index is 13.9. The van der Waals surface area contributed by atoms with E-state index in [4.69, 9.17) is 11.5 Å². The second-order valence-corrected chi connectivity index (χ2v) is 14.7. The Morgan fingerprint density at radius 2 is 1.54 bits per heavy atom. The molecule has 328 valence electrons. The van der Waals surface area contributed by atoms with E-state index in [0.717, 1.165) is 10.9 Å². The molecule has 0 radical (unpaired) electrons. The number of hydrogen-bond donors (Lipinski definition) is 11. The lowest BCUT2D eigenvalue weighted by Crippen LogP contribution is -2.58. The SMILES string of the molecule is CC(=O)NCC(=O)NC1CCC(=O)NCCC(C(=O)N[C@@H](Cc2c[nH]c3ccccc23)C(N)=O)NC(=O)CNC(=O)C(Cc2ccccc2)NC(=O)[C@H](CCCCN)NC1=O. The number of nitrogens with one attached hydrogen (secondary N) is 9. The van der Waals surface area contributed by atoms with E-state index >= 15 is 0 Å². The second-order valence-electron chi connectivity index (χ2n) is 14.7. The molecule has 2 aromatic carbocycles. The zero-order valence-electron chi connectivity index (χ0n) is 34.0. The Labute approximate surface area is 352 Å². The van der Waals surface area contributed by atoms with Gasteiger partial charge in [0.25, 0.3) is 0 Å². The van der Waals surface area contributed by atoms with Crippen LogP contribution in [0.2, 0.25) is 0 Å². The number of unbranched alkanes of at least 4 members (excludes halogenated alkanes) is 1. The first-order valence-corrected chi connectivity index (χ1v) is 20.1. The molecule has 9 amide bonds. The van der Waals surface area contributed by atoms with Gasteiger partial charge in [-0.3, -0.25) is 43.2 Å². The van der Waals surface area contributed by atoms with E-state index in [2.05, 4.69) is 47.5 Å². The number of carbonyl (C=O) groups is 9. The van der Waals surface area contributed by atoms with Crippen molar-refractivity contribution in [2.45, 2.75) is 88.5 Å². The summed E-state index contributed by atoms with van der Waals surface area (Å²) in [4.78, 5) is 121. The summed E-state index contributed by atoms with van der Waals surface area (Å²) in [5, 5.41) is 21.3. The number of primary amides is 1. The standard InChI is InChI=1S/C41H55N11O9/c1-24(53)45-22-35(55)48-30-14-15-34(54)44-18-16-31(41(61)51-32(37(43)57)20-26-21-46-28-12-6-5-11-27(26)28)49-36(56)23-47-38(58)33(19-25-9-3-2-4-10-25)52-39(59)29(50-40(30)60)13-7-8-17-42/h2-6,9-12,21,29-33,46H,7-8,13-20,22-23,42H2,1H3,(H2,43,57)(H,44,54)(H,45,53)(H,47,58)(H,48,55)(H,49,56)(H,50,60)(H,51,61)(H,52,59)/t29-,30?,31?,32-,33?/m0/s1. The quantitative estimate of drug-likeness (QED) is 0.0761. The van der Waals surface area contributed by atoms with Gasteiger partial charge >= 0.3 is 0 Å². The molecule has 1 fully saturated rings. The monoisotopic (exact) mass is 845 g/mol. The first kappa shape index (κ1) is 46.9. The molecule has 0 saturated carbocycles. The third-order valence-electron chi connectivity index (χ3n) is 9.89. The van der Waals surface area contributed by atoms with E-state index in [1.807, 2.05) is 24.3 Å². The average molecular weight is 846 g/mol. The van der Waals surface area contributed by atoms with Crippen LogP contribution in [0.15, 0.2) is 60.8 Å². The first-order valence-electron chi connectivity index (χ1n) is 20.1. The Hall–Kier alpha value is -6.83. The predicted molar refractivity (Wildman–Crippen MR) is 222 cm³/mol. The van der Waals surface area contributed by atoms with Gasteiger partial charge in [-0.2, -0.15) is 0 Å². The van der Waals surface area contributed by atoms with E-state index in [9.17, 15) is 43.2 Å². The summed E-state index contributed by atoms with van der Waals surface area (Å²) in [6, 6.07) is 9.78. The van der Waals surface area contributed by atoms with Gasteiger partial charge in [-0.05, 0) is 55.8 Å². The maximum Gasteiger partial charge on any atom is 0.243 e.